The van der Waals surface area contributed by atoms with E-state index in [4.69, 9.17) is 0 Å². The van der Waals surface area contributed by atoms with Gasteiger partial charge in [-0.15, -0.1) is 0 Å². The molecular formula is C13H18BrNO. The van der Waals surface area contributed by atoms with Gasteiger partial charge in [-0.25, -0.2) is 0 Å². The lowest BCUT2D eigenvalue weighted by Gasteiger charge is -2.14. The molecule has 1 unspecified atom stereocenters. The number of halogens is 1. The summed E-state index contributed by atoms with van der Waals surface area (Å²) in [6.07, 6.45) is 1.42. The standard InChI is InChI=1S/C13H18BrNO/c1-3-12(9-14)15-13(16)8-11-7-5-4-6-10(11)2/h4-7,12H,3,8-9H2,1-2H3,(H,15,16). The molecule has 0 fully saturated rings. The Morgan fingerprint density at radius 3 is 2.69 bits per heavy atom. The van der Waals surface area contributed by atoms with Crippen LogP contribution in [0, 0.1) is 6.92 Å². The summed E-state index contributed by atoms with van der Waals surface area (Å²) >= 11 is 3.39. The Labute approximate surface area is 106 Å². The van der Waals surface area contributed by atoms with Crippen molar-refractivity contribution in [2.24, 2.45) is 0 Å². The third kappa shape index (κ3) is 3.97. The van der Waals surface area contributed by atoms with Gasteiger partial charge in [0.25, 0.3) is 0 Å². The molecule has 0 bridgehead atoms. The number of hydrogen-bond acceptors (Lipinski definition) is 1. The van der Waals surface area contributed by atoms with Crippen LogP contribution < -0.4 is 5.32 Å². The molecule has 0 aliphatic heterocycles. The number of aryl methyl sites for hydroxylation is 1. The largest absolute Gasteiger partial charge is 0.352 e. The van der Waals surface area contributed by atoms with Crippen molar-refractivity contribution in [2.75, 3.05) is 5.33 Å². The Morgan fingerprint density at radius 2 is 2.12 bits per heavy atom. The summed E-state index contributed by atoms with van der Waals surface area (Å²) in [4.78, 5) is 11.8. The first-order valence-corrected chi connectivity index (χ1v) is 6.69. The third-order valence-corrected chi connectivity index (χ3v) is 3.44. The first kappa shape index (κ1) is 13.2. The summed E-state index contributed by atoms with van der Waals surface area (Å²) in [6, 6.07) is 8.23. The van der Waals surface area contributed by atoms with E-state index in [1.807, 2.05) is 31.2 Å². The Bertz CT molecular complexity index is 348. The van der Waals surface area contributed by atoms with E-state index in [-0.39, 0.29) is 11.9 Å². The summed E-state index contributed by atoms with van der Waals surface area (Å²) in [7, 11) is 0. The molecule has 0 radical (unpaired) electrons. The predicted octanol–water partition coefficient (Wildman–Crippen LogP) is 2.83. The molecule has 1 aromatic rings. The lowest BCUT2D eigenvalue weighted by Crippen LogP contribution is -2.36. The van der Waals surface area contributed by atoms with E-state index in [0.717, 1.165) is 17.3 Å². The maximum atomic E-state index is 11.8. The van der Waals surface area contributed by atoms with Gasteiger partial charge >= 0.3 is 0 Å². The van der Waals surface area contributed by atoms with Crippen LogP contribution in [0.1, 0.15) is 24.5 Å². The maximum Gasteiger partial charge on any atom is 0.224 e. The fraction of sp³-hybridized carbons (Fsp3) is 0.462. The Balaban J connectivity index is 2.55. The zero-order valence-electron chi connectivity index (χ0n) is 9.79. The lowest BCUT2D eigenvalue weighted by atomic mass is 10.1. The van der Waals surface area contributed by atoms with Crippen molar-refractivity contribution in [3.63, 3.8) is 0 Å². The minimum atomic E-state index is 0.0978. The van der Waals surface area contributed by atoms with Crippen LogP contribution in [-0.4, -0.2) is 17.3 Å². The van der Waals surface area contributed by atoms with E-state index in [1.165, 1.54) is 5.56 Å². The fourth-order valence-corrected chi connectivity index (χ4v) is 2.13. The highest BCUT2D eigenvalue weighted by molar-refractivity contribution is 9.09. The average Bonchev–Trinajstić information content (AvgIpc) is 2.29. The molecule has 1 rings (SSSR count). The molecule has 3 heteroatoms. The molecule has 2 nitrogen and oxygen atoms in total. The summed E-state index contributed by atoms with van der Waals surface area (Å²) < 4.78 is 0. The van der Waals surface area contributed by atoms with Gasteiger partial charge in [-0.2, -0.15) is 0 Å². The molecule has 1 amide bonds. The first-order chi connectivity index (χ1) is 7.67. The smallest absolute Gasteiger partial charge is 0.224 e. The molecule has 0 aliphatic carbocycles. The van der Waals surface area contributed by atoms with E-state index in [9.17, 15) is 4.79 Å². The Morgan fingerprint density at radius 1 is 1.44 bits per heavy atom. The molecule has 1 N–H and O–H groups in total. The predicted molar refractivity (Wildman–Crippen MR) is 70.9 cm³/mol. The second kappa shape index (κ2) is 6.69. The van der Waals surface area contributed by atoms with Gasteiger partial charge in [0.2, 0.25) is 5.91 Å². The van der Waals surface area contributed by atoms with Crippen molar-refractivity contribution >= 4 is 21.8 Å². The van der Waals surface area contributed by atoms with Crippen LogP contribution in [-0.2, 0) is 11.2 Å². The lowest BCUT2D eigenvalue weighted by molar-refractivity contribution is -0.121. The maximum absolute atomic E-state index is 11.8. The Kier molecular flexibility index (Phi) is 5.53. The van der Waals surface area contributed by atoms with Crippen LogP contribution in [0.3, 0.4) is 0 Å². The number of carbonyl (C=O) groups is 1. The van der Waals surface area contributed by atoms with Gasteiger partial charge in [0.1, 0.15) is 0 Å². The molecular weight excluding hydrogens is 266 g/mol. The highest BCUT2D eigenvalue weighted by Gasteiger charge is 2.10. The van der Waals surface area contributed by atoms with E-state index in [1.54, 1.807) is 0 Å². The number of rotatable bonds is 5. The van der Waals surface area contributed by atoms with Gasteiger partial charge in [-0.05, 0) is 24.5 Å². The SMILES string of the molecule is CCC(CBr)NC(=O)Cc1ccccc1C. The molecule has 0 heterocycles. The zero-order valence-corrected chi connectivity index (χ0v) is 11.4. The molecule has 16 heavy (non-hydrogen) atoms. The summed E-state index contributed by atoms with van der Waals surface area (Å²) in [5, 5.41) is 3.81. The van der Waals surface area contributed by atoms with E-state index in [0.29, 0.717) is 6.42 Å². The van der Waals surface area contributed by atoms with Crippen LogP contribution in [0.15, 0.2) is 24.3 Å². The second-order valence-electron chi connectivity index (χ2n) is 3.93. The van der Waals surface area contributed by atoms with Crippen molar-refractivity contribution in [3.05, 3.63) is 35.4 Å². The van der Waals surface area contributed by atoms with Gasteiger partial charge in [0, 0.05) is 11.4 Å². The minimum Gasteiger partial charge on any atom is -0.352 e. The van der Waals surface area contributed by atoms with E-state index in [2.05, 4.69) is 28.2 Å². The molecule has 88 valence electrons. The quantitative estimate of drug-likeness (QED) is 0.828. The molecule has 1 atom stereocenters. The minimum absolute atomic E-state index is 0.0978. The molecule has 0 aliphatic rings. The topological polar surface area (TPSA) is 29.1 Å². The third-order valence-electron chi connectivity index (χ3n) is 2.66. The van der Waals surface area contributed by atoms with Crippen molar-refractivity contribution in [1.29, 1.82) is 0 Å². The zero-order chi connectivity index (χ0) is 12.0. The van der Waals surface area contributed by atoms with Crippen molar-refractivity contribution < 1.29 is 4.79 Å². The molecule has 0 aromatic heterocycles. The van der Waals surface area contributed by atoms with Gasteiger partial charge in [0.15, 0.2) is 0 Å². The summed E-state index contributed by atoms with van der Waals surface area (Å²) in [6.45, 7) is 4.10. The number of alkyl halides is 1. The first-order valence-electron chi connectivity index (χ1n) is 5.57. The molecule has 0 saturated carbocycles. The van der Waals surface area contributed by atoms with Crippen LogP contribution in [0.4, 0.5) is 0 Å². The molecule has 1 aromatic carbocycles. The normalized spacial score (nSPS) is 12.2. The highest BCUT2D eigenvalue weighted by Crippen LogP contribution is 2.08. The van der Waals surface area contributed by atoms with Crippen LogP contribution in [0.2, 0.25) is 0 Å². The summed E-state index contributed by atoms with van der Waals surface area (Å²) in [5.41, 5.74) is 2.27. The van der Waals surface area contributed by atoms with Crippen LogP contribution in [0.25, 0.3) is 0 Å². The number of carbonyl (C=O) groups excluding carboxylic acids is 1. The molecule has 0 saturated heterocycles. The van der Waals surface area contributed by atoms with Crippen molar-refractivity contribution in [3.8, 4) is 0 Å². The Hall–Kier alpha value is -0.830. The van der Waals surface area contributed by atoms with Gasteiger partial charge in [0.05, 0.1) is 6.42 Å². The van der Waals surface area contributed by atoms with Gasteiger partial charge in [-0.1, -0.05) is 47.1 Å². The summed E-state index contributed by atoms with van der Waals surface area (Å²) in [5.74, 6) is 0.0978. The highest BCUT2D eigenvalue weighted by atomic mass is 79.9. The van der Waals surface area contributed by atoms with Crippen LogP contribution in [0.5, 0.6) is 0 Å². The second-order valence-corrected chi connectivity index (χ2v) is 4.58. The monoisotopic (exact) mass is 283 g/mol. The van der Waals surface area contributed by atoms with Gasteiger partial charge < -0.3 is 5.32 Å². The van der Waals surface area contributed by atoms with E-state index >= 15 is 0 Å². The van der Waals surface area contributed by atoms with Gasteiger partial charge in [-0.3, -0.25) is 4.79 Å². The fourth-order valence-electron chi connectivity index (χ4n) is 1.51. The van der Waals surface area contributed by atoms with E-state index < -0.39 is 0 Å². The van der Waals surface area contributed by atoms with Crippen molar-refractivity contribution in [2.45, 2.75) is 32.7 Å². The van der Waals surface area contributed by atoms with Crippen LogP contribution >= 0.6 is 15.9 Å². The number of amides is 1. The average molecular weight is 284 g/mol. The number of benzene rings is 1. The van der Waals surface area contributed by atoms with Crippen molar-refractivity contribution in [1.82, 2.24) is 5.32 Å². The molecule has 0 spiro atoms. The number of nitrogens with one attached hydrogen (secondary N) is 1. The number of hydrogen-bond donors (Lipinski definition) is 1.